The van der Waals surface area contributed by atoms with Gasteiger partial charge in [-0.05, 0) is 44.0 Å². The second kappa shape index (κ2) is 6.64. The third kappa shape index (κ3) is 3.96. The van der Waals surface area contributed by atoms with Gasteiger partial charge in [0.15, 0.2) is 0 Å². The first-order valence-corrected chi connectivity index (χ1v) is 8.26. The van der Waals surface area contributed by atoms with Crippen LogP contribution in [0, 0.1) is 5.92 Å². The molecule has 9 heteroatoms. The molecule has 0 aromatic carbocycles. The van der Waals surface area contributed by atoms with Crippen LogP contribution in [0.3, 0.4) is 0 Å². The fraction of sp³-hybridized carbons (Fsp3) is 0.769. The van der Waals surface area contributed by atoms with Gasteiger partial charge in [0, 0.05) is 19.0 Å². The molecule has 1 aromatic rings. The average molecular weight is 326 g/mol. The smallest absolute Gasteiger partial charge is 0.233 e. The predicted octanol–water partition coefficient (Wildman–Crippen LogP) is 0.244. The molecule has 0 spiro atoms. The maximum absolute atomic E-state index is 12.2. The van der Waals surface area contributed by atoms with Crippen LogP contribution < -0.4 is 5.73 Å². The Morgan fingerprint density at radius 3 is 2.50 bits per heavy atom. The SMILES string of the molecule is CC(C)(C)n1nnnc1SCC(=O)N1CCC(C(N)=O)CC1. The van der Waals surface area contributed by atoms with Crippen LogP contribution in [-0.2, 0) is 15.1 Å². The van der Waals surface area contributed by atoms with Gasteiger partial charge in [0.05, 0.1) is 11.3 Å². The van der Waals surface area contributed by atoms with E-state index in [1.807, 2.05) is 20.8 Å². The zero-order valence-electron chi connectivity index (χ0n) is 13.2. The van der Waals surface area contributed by atoms with Gasteiger partial charge in [0.2, 0.25) is 17.0 Å². The Bertz CT molecular complexity index is 545. The summed E-state index contributed by atoms with van der Waals surface area (Å²) in [4.78, 5) is 25.2. The Morgan fingerprint density at radius 1 is 1.32 bits per heavy atom. The molecule has 1 aromatic heterocycles. The van der Waals surface area contributed by atoms with E-state index in [4.69, 9.17) is 5.73 Å². The molecule has 0 bridgehead atoms. The minimum atomic E-state index is -0.272. The van der Waals surface area contributed by atoms with Crippen molar-refractivity contribution in [1.29, 1.82) is 0 Å². The zero-order chi connectivity index (χ0) is 16.3. The molecule has 122 valence electrons. The van der Waals surface area contributed by atoms with E-state index in [0.717, 1.165) is 0 Å². The minimum Gasteiger partial charge on any atom is -0.369 e. The van der Waals surface area contributed by atoms with E-state index in [0.29, 0.717) is 31.1 Å². The van der Waals surface area contributed by atoms with Gasteiger partial charge in [-0.3, -0.25) is 9.59 Å². The number of carbonyl (C=O) groups is 2. The molecular formula is C13H22N6O2S. The van der Waals surface area contributed by atoms with Gasteiger partial charge >= 0.3 is 0 Å². The molecule has 1 aliphatic rings. The molecule has 0 atom stereocenters. The number of carbonyl (C=O) groups excluding carboxylic acids is 2. The molecule has 22 heavy (non-hydrogen) atoms. The second-order valence-electron chi connectivity index (χ2n) is 6.39. The molecule has 0 unspecified atom stereocenters. The van der Waals surface area contributed by atoms with Crippen molar-refractivity contribution in [3.63, 3.8) is 0 Å². The fourth-order valence-electron chi connectivity index (χ4n) is 2.32. The van der Waals surface area contributed by atoms with Crippen molar-refractivity contribution in [2.24, 2.45) is 11.7 Å². The number of primary amides is 1. The van der Waals surface area contributed by atoms with Crippen LogP contribution in [0.1, 0.15) is 33.6 Å². The number of rotatable bonds is 4. The summed E-state index contributed by atoms with van der Waals surface area (Å²) in [6.07, 6.45) is 1.29. The van der Waals surface area contributed by atoms with E-state index >= 15 is 0 Å². The summed E-state index contributed by atoms with van der Waals surface area (Å²) < 4.78 is 1.71. The highest BCUT2D eigenvalue weighted by molar-refractivity contribution is 7.99. The largest absolute Gasteiger partial charge is 0.369 e. The molecule has 2 N–H and O–H groups in total. The van der Waals surface area contributed by atoms with E-state index in [2.05, 4.69) is 15.5 Å². The summed E-state index contributed by atoms with van der Waals surface area (Å²) >= 11 is 1.33. The summed E-state index contributed by atoms with van der Waals surface area (Å²) in [5.41, 5.74) is 5.07. The standard InChI is InChI=1S/C13H22N6O2S/c1-13(2,3)19-12(15-16-17-19)22-8-10(20)18-6-4-9(5-7-18)11(14)21/h9H,4-8H2,1-3H3,(H2,14,21). The molecule has 0 aliphatic carbocycles. The van der Waals surface area contributed by atoms with Crippen LogP contribution in [-0.4, -0.2) is 55.8 Å². The van der Waals surface area contributed by atoms with Crippen LogP contribution >= 0.6 is 11.8 Å². The molecule has 1 fully saturated rings. The highest BCUT2D eigenvalue weighted by atomic mass is 32.2. The lowest BCUT2D eigenvalue weighted by atomic mass is 9.96. The third-order valence-corrected chi connectivity index (χ3v) is 4.56. The average Bonchev–Trinajstić information content (AvgIpc) is 2.93. The lowest BCUT2D eigenvalue weighted by Gasteiger charge is -2.30. The monoisotopic (exact) mass is 326 g/mol. The Morgan fingerprint density at radius 2 is 1.95 bits per heavy atom. The number of likely N-dealkylation sites (tertiary alicyclic amines) is 1. The molecular weight excluding hydrogens is 304 g/mol. The Hall–Kier alpha value is -1.64. The first-order valence-electron chi connectivity index (χ1n) is 7.28. The van der Waals surface area contributed by atoms with Crippen LogP contribution in [0.25, 0.3) is 0 Å². The molecule has 1 saturated heterocycles. The Labute approximate surface area is 133 Å². The lowest BCUT2D eigenvalue weighted by molar-refractivity contribution is -0.132. The predicted molar refractivity (Wildman–Crippen MR) is 82.0 cm³/mol. The molecule has 2 amide bonds. The van der Waals surface area contributed by atoms with Gasteiger partial charge < -0.3 is 10.6 Å². The van der Waals surface area contributed by atoms with Crippen molar-refractivity contribution in [2.45, 2.75) is 44.3 Å². The molecule has 8 nitrogen and oxygen atoms in total. The summed E-state index contributed by atoms with van der Waals surface area (Å²) in [7, 11) is 0. The van der Waals surface area contributed by atoms with Crippen molar-refractivity contribution in [3.8, 4) is 0 Å². The van der Waals surface area contributed by atoms with Gasteiger partial charge in [0.25, 0.3) is 0 Å². The van der Waals surface area contributed by atoms with E-state index in [9.17, 15) is 9.59 Å². The Kier molecular flexibility index (Phi) is 5.05. The highest BCUT2D eigenvalue weighted by Gasteiger charge is 2.26. The number of amides is 2. The van der Waals surface area contributed by atoms with Crippen molar-refractivity contribution >= 4 is 23.6 Å². The van der Waals surface area contributed by atoms with Crippen LogP contribution in [0.5, 0.6) is 0 Å². The summed E-state index contributed by atoms with van der Waals surface area (Å²) in [5.74, 6) is -0.0513. The molecule has 2 heterocycles. The van der Waals surface area contributed by atoms with E-state index in [1.54, 1.807) is 9.58 Å². The highest BCUT2D eigenvalue weighted by Crippen LogP contribution is 2.23. The van der Waals surface area contributed by atoms with E-state index in [-0.39, 0.29) is 29.0 Å². The van der Waals surface area contributed by atoms with Crippen molar-refractivity contribution in [2.75, 3.05) is 18.8 Å². The number of nitrogens with zero attached hydrogens (tertiary/aromatic N) is 5. The molecule has 0 saturated carbocycles. The van der Waals surface area contributed by atoms with Crippen LogP contribution in [0.4, 0.5) is 0 Å². The van der Waals surface area contributed by atoms with Crippen molar-refractivity contribution < 1.29 is 9.59 Å². The lowest BCUT2D eigenvalue weighted by Crippen LogP contribution is -2.42. The van der Waals surface area contributed by atoms with Gasteiger partial charge in [-0.2, -0.15) is 0 Å². The normalized spacial score (nSPS) is 16.8. The minimum absolute atomic E-state index is 0.0383. The maximum atomic E-state index is 12.2. The third-order valence-electron chi connectivity index (χ3n) is 3.65. The molecule has 1 aliphatic heterocycles. The summed E-state index contributed by atoms with van der Waals surface area (Å²) in [6, 6.07) is 0. The van der Waals surface area contributed by atoms with Gasteiger partial charge in [0.1, 0.15) is 0 Å². The van der Waals surface area contributed by atoms with E-state index in [1.165, 1.54) is 11.8 Å². The van der Waals surface area contributed by atoms with Crippen molar-refractivity contribution in [1.82, 2.24) is 25.1 Å². The quantitative estimate of drug-likeness (QED) is 0.795. The molecule has 0 radical (unpaired) electrons. The van der Waals surface area contributed by atoms with Crippen molar-refractivity contribution in [3.05, 3.63) is 0 Å². The number of nitrogens with two attached hydrogens (primary N) is 1. The van der Waals surface area contributed by atoms with E-state index < -0.39 is 0 Å². The molecule has 2 rings (SSSR count). The number of tetrazole rings is 1. The first kappa shape index (κ1) is 16.7. The number of hydrogen-bond donors (Lipinski definition) is 1. The first-order chi connectivity index (χ1) is 10.3. The number of piperidine rings is 1. The van der Waals surface area contributed by atoms with Crippen LogP contribution in [0.15, 0.2) is 5.16 Å². The number of hydrogen-bond acceptors (Lipinski definition) is 6. The Balaban J connectivity index is 1.87. The summed E-state index contributed by atoms with van der Waals surface area (Å²) in [6.45, 7) is 7.17. The van der Waals surface area contributed by atoms with Gasteiger partial charge in [-0.15, -0.1) is 5.10 Å². The topological polar surface area (TPSA) is 107 Å². The summed E-state index contributed by atoms with van der Waals surface area (Å²) in [5, 5.41) is 12.2. The maximum Gasteiger partial charge on any atom is 0.233 e. The zero-order valence-corrected chi connectivity index (χ0v) is 14.0. The number of thioether (sulfide) groups is 1. The number of aromatic nitrogens is 4. The van der Waals surface area contributed by atoms with Gasteiger partial charge in [-0.1, -0.05) is 11.8 Å². The van der Waals surface area contributed by atoms with Crippen LogP contribution in [0.2, 0.25) is 0 Å². The van der Waals surface area contributed by atoms with Gasteiger partial charge in [-0.25, -0.2) is 4.68 Å². The second-order valence-corrected chi connectivity index (χ2v) is 7.33. The fourth-order valence-corrected chi connectivity index (χ4v) is 3.28.